The van der Waals surface area contributed by atoms with E-state index in [1.807, 2.05) is 6.92 Å². The number of hydrogen-bond acceptors (Lipinski definition) is 1. The molecular formula is C31H38O. The molecule has 1 unspecified atom stereocenters. The number of rotatable bonds is 9. The summed E-state index contributed by atoms with van der Waals surface area (Å²) in [5, 5.41) is 0. The van der Waals surface area contributed by atoms with E-state index in [0.29, 0.717) is 5.92 Å². The molecular weight excluding hydrogens is 388 g/mol. The van der Waals surface area contributed by atoms with Crippen molar-refractivity contribution in [2.45, 2.75) is 70.6 Å². The van der Waals surface area contributed by atoms with Crippen LogP contribution >= 0.6 is 0 Å². The lowest BCUT2D eigenvalue weighted by atomic mass is 9.77. The summed E-state index contributed by atoms with van der Waals surface area (Å²) < 4.78 is 5.59. The van der Waals surface area contributed by atoms with Crippen LogP contribution in [-0.2, 0) is 12.8 Å². The molecule has 1 atom stereocenters. The number of hydrogen-bond donors (Lipinski definition) is 0. The first kappa shape index (κ1) is 22.6. The molecule has 3 aromatic carbocycles. The van der Waals surface area contributed by atoms with E-state index in [1.54, 1.807) is 0 Å². The summed E-state index contributed by atoms with van der Waals surface area (Å²) in [6.07, 6.45) is 9.04. The Hall–Kier alpha value is -2.54. The molecule has 32 heavy (non-hydrogen) atoms. The van der Waals surface area contributed by atoms with Gasteiger partial charge in [0.05, 0.1) is 6.61 Å². The fourth-order valence-electron chi connectivity index (χ4n) is 5.25. The first-order valence-corrected chi connectivity index (χ1v) is 12.6. The Balaban J connectivity index is 1.21. The molecule has 1 nitrogen and oxygen atoms in total. The highest BCUT2D eigenvalue weighted by Crippen LogP contribution is 2.38. The molecule has 0 radical (unpaired) electrons. The summed E-state index contributed by atoms with van der Waals surface area (Å²) in [5.41, 5.74) is 5.86. The van der Waals surface area contributed by atoms with E-state index in [-0.39, 0.29) is 0 Å². The highest BCUT2D eigenvalue weighted by molar-refractivity contribution is 5.30. The second-order valence-corrected chi connectivity index (χ2v) is 9.59. The molecule has 3 aromatic rings. The predicted molar refractivity (Wildman–Crippen MR) is 136 cm³/mol. The normalized spacial score (nSPS) is 19.4. The Kier molecular flexibility index (Phi) is 8.04. The van der Waals surface area contributed by atoms with Gasteiger partial charge < -0.3 is 4.74 Å². The van der Waals surface area contributed by atoms with E-state index >= 15 is 0 Å². The van der Waals surface area contributed by atoms with Gasteiger partial charge in [-0.15, -0.1) is 0 Å². The third-order valence-electron chi connectivity index (χ3n) is 7.28. The van der Waals surface area contributed by atoms with Crippen molar-refractivity contribution in [3.63, 3.8) is 0 Å². The van der Waals surface area contributed by atoms with Gasteiger partial charge in [0.25, 0.3) is 0 Å². The summed E-state index contributed by atoms with van der Waals surface area (Å²) >= 11 is 0. The largest absolute Gasteiger partial charge is 0.494 e. The van der Waals surface area contributed by atoms with Crippen molar-refractivity contribution in [3.05, 3.63) is 101 Å². The third kappa shape index (κ3) is 6.25. The van der Waals surface area contributed by atoms with Crippen molar-refractivity contribution in [3.8, 4) is 5.75 Å². The van der Waals surface area contributed by atoms with Crippen LogP contribution in [-0.4, -0.2) is 6.61 Å². The van der Waals surface area contributed by atoms with Crippen molar-refractivity contribution in [1.82, 2.24) is 0 Å². The minimum absolute atomic E-state index is 0.563. The zero-order valence-electron chi connectivity index (χ0n) is 19.8. The van der Waals surface area contributed by atoms with Gasteiger partial charge in [-0.1, -0.05) is 73.7 Å². The zero-order chi connectivity index (χ0) is 22.2. The van der Waals surface area contributed by atoms with Gasteiger partial charge in [-0.05, 0) is 104 Å². The fraction of sp³-hybridized carbons (Fsp3) is 0.419. The van der Waals surface area contributed by atoms with E-state index in [9.17, 15) is 0 Å². The van der Waals surface area contributed by atoms with Gasteiger partial charge in [0.2, 0.25) is 0 Å². The summed E-state index contributed by atoms with van der Waals surface area (Å²) in [4.78, 5) is 0. The first-order valence-electron chi connectivity index (χ1n) is 12.6. The van der Waals surface area contributed by atoms with Crippen molar-refractivity contribution in [2.75, 3.05) is 6.61 Å². The highest BCUT2D eigenvalue weighted by atomic mass is 16.5. The minimum Gasteiger partial charge on any atom is -0.494 e. The van der Waals surface area contributed by atoms with Crippen LogP contribution in [0.25, 0.3) is 0 Å². The molecule has 168 valence electrons. The minimum atomic E-state index is 0.563. The molecule has 0 bridgehead atoms. The average Bonchev–Trinajstić information content (AvgIpc) is 2.85. The molecule has 1 aliphatic carbocycles. The maximum Gasteiger partial charge on any atom is 0.119 e. The summed E-state index contributed by atoms with van der Waals surface area (Å²) in [6.45, 7) is 5.10. The topological polar surface area (TPSA) is 9.23 Å². The lowest BCUT2D eigenvalue weighted by Crippen LogP contribution is -2.14. The van der Waals surface area contributed by atoms with E-state index < -0.39 is 0 Å². The van der Waals surface area contributed by atoms with Crippen LogP contribution in [0.4, 0.5) is 0 Å². The molecule has 0 aromatic heterocycles. The number of ether oxygens (including phenoxy) is 1. The second-order valence-electron chi connectivity index (χ2n) is 9.59. The van der Waals surface area contributed by atoms with E-state index in [4.69, 9.17) is 4.74 Å². The molecule has 0 spiro atoms. The molecule has 4 rings (SSSR count). The first-order chi connectivity index (χ1) is 15.7. The molecule has 1 aliphatic rings. The van der Waals surface area contributed by atoms with Crippen LogP contribution < -0.4 is 4.74 Å². The molecule has 0 aliphatic heterocycles. The summed E-state index contributed by atoms with van der Waals surface area (Å²) in [5.74, 6) is 3.16. The van der Waals surface area contributed by atoms with Crippen molar-refractivity contribution >= 4 is 0 Å². The lowest BCUT2D eigenvalue weighted by molar-refractivity contribution is 0.310. The van der Waals surface area contributed by atoms with E-state index in [0.717, 1.165) is 30.6 Å². The Morgan fingerprint density at radius 3 is 2.09 bits per heavy atom. The Bertz CT molecular complexity index is 918. The maximum absolute atomic E-state index is 5.59. The average molecular weight is 427 g/mol. The molecule has 1 saturated carbocycles. The number of aryl methyl sites for hydroxylation is 1. The van der Waals surface area contributed by atoms with Crippen LogP contribution in [0.5, 0.6) is 5.75 Å². The Morgan fingerprint density at radius 1 is 0.781 bits per heavy atom. The predicted octanol–water partition coefficient (Wildman–Crippen LogP) is 8.34. The molecule has 0 saturated heterocycles. The van der Waals surface area contributed by atoms with E-state index in [2.05, 4.69) is 85.8 Å². The van der Waals surface area contributed by atoms with Gasteiger partial charge in [0.15, 0.2) is 0 Å². The van der Waals surface area contributed by atoms with Crippen molar-refractivity contribution in [1.29, 1.82) is 0 Å². The molecule has 0 heterocycles. The third-order valence-corrected chi connectivity index (χ3v) is 7.28. The van der Waals surface area contributed by atoms with Crippen LogP contribution in [0.1, 0.15) is 80.0 Å². The van der Waals surface area contributed by atoms with Gasteiger partial charge >= 0.3 is 0 Å². The van der Waals surface area contributed by atoms with E-state index in [1.165, 1.54) is 60.8 Å². The Labute approximate surface area is 194 Å². The molecule has 1 heteroatoms. The second kappa shape index (κ2) is 11.4. The van der Waals surface area contributed by atoms with Crippen LogP contribution in [0, 0.1) is 5.92 Å². The quantitative estimate of drug-likeness (QED) is 0.334. The van der Waals surface area contributed by atoms with Crippen LogP contribution in [0.2, 0.25) is 0 Å². The van der Waals surface area contributed by atoms with Gasteiger partial charge in [0.1, 0.15) is 5.75 Å². The maximum atomic E-state index is 5.59. The SMILES string of the molecule is CCOc1ccc(C2CCC(CCc3ccc(CC(C)c4ccccc4)cc3)CC2)cc1. The Morgan fingerprint density at radius 2 is 1.44 bits per heavy atom. The smallest absolute Gasteiger partial charge is 0.119 e. The molecule has 0 N–H and O–H groups in total. The lowest BCUT2D eigenvalue weighted by Gasteiger charge is -2.29. The van der Waals surface area contributed by atoms with Crippen molar-refractivity contribution < 1.29 is 4.74 Å². The van der Waals surface area contributed by atoms with Gasteiger partial charge in [-0.25, -0.2) is 0 Å². The standard InChI is InChI=1S/C31H38O/c1-3-32-31-21-19-30(20-22-31)29-17-15-26(16-18-29)10-9-25-11-13-27(14-12-25)23-24(2)28-7-5-4-6-8-28/h4-8,11-14,19-22,24,26,29H,3,9-10,15-18,23H2,1-2H3. The van der Waals surface area contributed by atoms with Gasteiger partial charge in [-0.3, -0.25) is 0 Å². The summed E-state index contributed by atoms with van der Waals surface area (Å²) in [6, 6.07) is 29.1. The van der Waals surface area contributed by atoms with Gasteiger partial charge in [0, 0.05) is 0 Å². The number of benzene rings is 3. The van der Waals surface area contributed by atoms with Crippen LogP contribution in [0.15, 0.2) is 78.9 Å². The van der Waals surface area contributed by atoms with Gasteiger partial charge in [-0.2, -0.15) is 0 Å². The zero-order valence-corrected chi connectivity index (χ0v) is 19.8. The molecule has 1 fully saturated rings. The van der Waals surface area contributed by atoms with Crippen LogP contribution in [0.3, 0.4) is 0 Å². The van der Waals surface area contributed by atoms with Crippen molar-refractivity contribution in [2.24, 2.45) is 5.92 Å². The fourth-order valence-corrected chi connectivity index (χ4v) is 5.25. The summed E-state index contributed by atoms with van der Waals surface area (Å²) in [7, 11) is 0. The monoisotopic (exact) mass is 426 g/mol. The highest BCUT2D eigenvalue weighted by Gasteiger charge is 2.22. The molecule has 0 amide bonds.